The van der Waals surface area contributed by atoms with Gasteiger partial charge < -0.3 is 20.3 Å². The molecule has 4 fully saturated rings. The summed E-state index contributed by atoms with van der Waals surface area (Å²) in [5.74, 6) is 2.87. The molecule has 11 atom stereocenters. The number of hydrogen-bond acceptors (Lipinski definition) is 4. The van der Waals surface area contributed by atoms with Crippen LogP contribution in [0.2, 0.25) is 0 Å². The predicted molar refractivity (Wildman–Crippen MR) is 129 cm³/mol. The van der Waals surface area contributed by atoms with Gasteiger partial charge in [0.25, 0.3) is 0 Å². The Bertz CT molecular complexity index is 694. The first-order valence-corrected chi connectivity index (χ1v) is 13.6. The molecule has 184 valence electrons. The van der Waals surface area contributed by atoms with Crippen LogP contribution < -0.4 is 5.32 Å². The zero-order valence-electron chi connectivity index (χ0n) is 21.4. The van der Waals surface area contributed by atoms with Crippen LogP contribution in [0.3, 0.4) is 0 Å². The summed E-state index contributed by atoms with van der Waals surface area (Å²) in [5.41, 5.74) is 0.109. The lowest BCUT2D eigenvalue weighted by molar-refractivity contribution is -0.202. The van der Waals surface area contributed by atoms with Crippen molar-refractivity contribution >= 4 is 5.78 Å². The molecule has 0 saturated heterocycles. The van der Waals surface area contributed by atoms with Crippen molar-refractivity contribution in [3.8, 4) is 0 Å². The molecule has 4 heteroatoms. The van der Waals surface area contributed by atoms with Crippen molar-refractivity contribution in [2.45, 2.75) is 124 Å². The van der Waals surface area contributed by atoms with Gasteiger partial charge in [-0.2, -0.15) is 0 Å². The third kappa shape index (κ3) is 4.01. The fourth-order valence-corrected chi connectivity index (χ4v) is 9.41. The molecular weight excluding hydrogens is 398 g/mol. The summed E-state index contributed by atoms with van der Waals surface area (Å²) in [5, 5.41) is 27.0. The predicted octanol–water partition coefficient (Wildman–Crippen LogP) is 4.96. The van der Waals surface area contributed by atoms with Gasteiger partial charge in [0.1, 0.15) is 5.78 Å². The zero-order valence-corrected chi connectivity index (χ0v) is 21.4. The number of aliphatic hydroxyl groups is 2. The van der Waals surface area contributed by atoms with Crippen LogP contribution in [0.1, 0.15) is 99.3 Å². The van der Waals surface area contributed by atoms with Crippen molar-refractivity contribution in [2.75, 3.05) is 0 Å². The summed E-state index contributed by atoms with van der Waals surface area (Å²) < 4.78 is 0. The van der Waals surface area contributed by atoms with E-state index in [1.54, 1.807) is 6.92 Å². The SMILES string of the molecule is CC(=O)CC[C@@H](C)[C@H]1CC[C@H]2[C@@H]3C(O)C[C@@H]4CC(NC(C)C)CC[C@]4(C)[C@H]3CC(O)[C@]12C. The number of carbonyl (C=O) groups is 1. The second kappa shape index (κ2) is 8.96. The third-order valence-corrected chi connectivity index (χ3v) is 11.1. The van der Waals surface area contributed by atoms with Gasteiger partial charge in [-0.1, -0.05) is 34.6 Å². The molecule has 0 aromatic heterocycles. The molecule has 4 nitrogen and oxygen atoms in total. The molecule has 0 bridgehead atoms. The summed E-state index contributed by atoms with van der Waals surface area (Å²) in [7, 11) is 0. The Hall–Kier alpha value is -0.450. The van der Waals surface area contributed by atoms with Crippen LogP contribution in [-0.4, -0.2) is 40.3 Å². The molecule has 4 aliphatic carbocycles. The van der Waals surface area contributed by atoms with E-state index < -0.39 is 0 Å². The zero-order chi connectivity index (χ0) is 23.4. The van der Waals surface area contributed by atoms with E-state index in [0.717, 1.165) is 38.5 Å². The van der Waals surface area contributed by atoms with E-state index in [9.17, 15) is 15.0 Å². The molecule has 0 amide bonds. The van der Waals surface area contributed by atoms with Gasteiger partial charge in [0.15, 0.2) is 0 Å². The highest BCUT2D eigenvalue weighted by Gasteiger charge is 2.65. The first-order valence-electron chi connectivity index (χ1n) is 13.6. The number of Topliss-reactive ketones (excluding diaryl/α,β-unsaturated/α-hetero) is 1. The van der Waals surface area contributed by atoms with Crippen LogP contribution >= 0.6 is 0 Å². The first kappa shape index (κ1) is 24.7. The second-order valence-corrected chi connectivity index (χ2v) is 13.1. The largest absolute Gasteiger partial charge is 0.393 e. The Morgan fingerprint density at radius 1 is 1.03 bits per heavy atom. The van der Waals surface area contributed by atoms with E-state index in [2.05, 4.69) is 39.9 Å². The van der Waals surface area contributed by atoms with Crippen molar-refractivity contribution < 1.29 is 15.0 Å². The maximum absolute atomic E-state index is 11.7. The number of carbonyl (C=O) groups excluding carboxylic acids is 1. The number of aliphatic hydroxyl groups excluding tert-OH is 2. The van der Waals surface area contributed by atoms with Gasteiger partial charge in [0.2, 0.25) is 0 Å². The van der Waals surface area contributed by atoms with Gasteiger partial charge in [-0.05, 0) is 105 Å². The van der Waals surface area contributed by atoms with Crippen LogP contribution in [0, 0.1) is 46.3 Å². The van der Waals surface area contributed by atoms with Crippen molar-refractivity contribution in [1.82, 2.24) is 5.32 Å². The third-order valence-electron chi connectivity index (χ3n) is 11.1. The van der Waals surface area contributed by atoms with Crippen molar-refractivity contribution in [3.63, 3.8) is 0 Å². The highest BCUT2D eigenvalue weighted by Crippen LogP contribution is 2.68. The monoisotopic (exact) mass is 447 g/mol. The van der Waals surface area contributed by atoms with Crippen molar-refractivity contribution in [1.29, 1.82) is 0 Å². The lowest BCUT2D eigenvalue weighted by Gasteiger charge is -2.64. The summed E-state index contributed by atoms with van der Waals surface area (Å²) in [4.78, 5) is 11.6. The summed E-state index contributed by atoms with van der Waals surface area (Å²) in [6.45, 7) is 13.2. The Morgan fingerprint density at radius 2 is 1.75 bits per heavy atom. The molecule has 0 aliphatic heterocycles. The Morgan fingerprint density at radius 3 is 2.41 bits per heavy atom. The molecule has 0 radical (unpaired) electrons. The molecule has 3 unspecified atom stereocenters. The molecule has 4 rings (SSSR count). The molecule has 0 spiro atoms. The minimum Gasteiger partial charge on any atom is -0.393 e. The quantitative estimate of drug-likeness (QED) is 0.538. The molecule has 32 heavy (non-hydrogen) atoms. The number of fused-ring (bicyclic) bond motifs is 5. The van der Waals surface area contributed by atoms with E-state index in [-0.39, 0.29) is 28.8 Å². The molecule has 4 aliphatic rings. The summed E-state index contributed by atoms with van der Waals surface area (Å²) in [6, 6.07) is 1.07. The maximum atomic E-state index is 11.7. The van der Waals surface area contributed by atoms with Gasteiger partial charge in [0, 0.05) is 18.5 Å². The Labute approximate surface area is 196 Å². The maximum Gasteiger partial charge on any atom is 0.129 e. The fraction of sp³-hybridized carbons (Fsp3) is 0.964. The standard InChI is InChI=1S/C28H49NO3/c1-16(2)29-20-11-12-27(5)19(13-20)14-24(31)26-22-10-9-21(17(3)7-8-18(4)30)28(22,6)25(32)15-23(26)27/h16-17,19-26,29,31-32H,7-15H2,1-6H3/t17-,19+,20?,21-,22+,23+,24?,25?,26+,27+,28-/m1/s1. The first-order chi connectivity index (χ1) is 15.0. The number of hydrogen-bond donors (Lipinski definition) is 3. The lowest BCUT2D eigenvalue weighted by atomic mass is 9.43. The molecule has 0 aromatic carbocycles. The number of ketones is 1. The molecular formula is C28H49NO3. The average Bonchev–Trinajstić information content (AvgIpc) is 3.06. The molecule has 0 heterocycles. The number of nitrogens with one attached hydrogen (secondary N) is 1. The Balaban J connectivity index is 1.56. The van der Waals surface area contributed by atoms with E-state index >= 15 is 0 Å². The van der Waals surface area contributed by atoms with Crippen molar-refractivity contribution in [3.05, 3.63) is 0 Å². The fourth-order valence-electron chi connectivity index (χ4n) is 9.41. The van der Waals surface area contributed by atoms with Crippen LogP contribution in [0.4, 0.5) is 0 Å². The van der Waals surface area contributed by atoms with Gasteiger partial charge in [-0.15, -0.1) is 0 Å². The summed E-state index contributed by atoms with van der Waals surface area (Å²) >= 11 is 0. The summed E-state index contributed by atoms with van der Waals surface area (Å²) in [6.07, 6.45) is 8.67. The van der Waals surface area contributed by atoms with E-state index in [4.69, 9.17) is 0 Å². The van der Waals surface area contributed by atoms with Crippen LogP contribution in [-0.2, 0) is 4.79 Å². The van der Waals surface area contributed by atoms with Gasteiger partial charge in [-0.3, -0.25) is 0 Å². The van der Waals surface area contributed by atoms with Crippen LogP contribution in [0.25, 0.3) is 0 Å². The minimum absolute atomic E-state index is 0.127. The molecule has 0 aromatic rings. The van der Waals surface area contributed by atoms with Gasteiger partial charge in [-0.25, -0.2) is 0 Å². The Kier molecular flexibility index (Phi) is 6.91. The molecule has 4 saturated carbocycles. The van der Waals surface area contributed by atoms with Gasteiger partial charge >= 0.3 is 0 Å². The van der Waals surface area contributed by atoms with E-state index in [1.807, 2.05) is 0 Å². The van der Waals surface area contributed by atoms with Crippen LogP contribution in [0.15, 0.2) is 0 Å². The van der Waals surface area contributed by atoms with E-state index in [1.165, 1.54) is 12.8 Å². The highest BCUT2D eigenvalue weighted by atomic mass is 16.3. The topological polar surface area (TPSA) is 69.6 Å². The minimum atomic E-state index is -0.296. The van der Waals surface area contributed by atoms with Gasteiger partial charge in [0.05, 0.1) is 12.2 Å². The van der Waals surface area contributed by atoms with E-state index in [0.29, 0.717) is 54.0 Å². The smallest absolute Gasteiger partial charge is 0.129 e. The molecule has 3 N–H and O–H groups in total. The average molecular weight is 448 g/mol. The highest BCUT2D eigenvalue weighted by molar-refractivity contribution is 5.75. The van der Waals surface area contributed by atoms with Crippen LogP contribution in [0.5, 0.6) is 0 Å². The number of rotatable bonds is 6. The second-order valence-electron chi connectivity index (χ2n) is 13.1. The van der Waals surface area contributed by atoms with Crippen molar-refractivity contribution in [2.24, 2.45) is 46.3 Å². The normalized spacial score (nSPS) is 49.3. The lowest BCUT2D eigenvalue weighted by Crippen LogP contribution is -2.63.